The number of aromatic nitrogens is 2. The van der Waals surface area contributed by atoms with Crippen LogP contribution in [0, 0.1) is 20.8 Å². The molecule has 0 saturated heterocycles. The second kappa shape index (κ2) is 6.02. The SMILES string of the molecule is Cc1nc(CNCc2c(CO)cnc(C)c2O)oc1C. The molecule has 0 unspecified atom stereocenters. The van der Waals surface area contributed by atoms with Crippen LogP contribution in [0.4, 0.5) is 0 Å². The van der Waals surface area contributed by atoms with Gasteiger partial charge in [-0.3, -0.25) is 4.98 Å². The summed E-state index contributed by atoms with van der Waals surface area (Å²) in [4.78, 5) is 8.29. The fraction of sp³-hybridized carbons (Fsp3) is 0.429. The average molecular weight is 277 g/mol. The average Bonchev–Trinajstić information content (AvgIpc) is 2.74. The molecule has 2 rings (SSSR count). The van der Waals surface area contributed by atoms with E-state index >= 15 is 0 Å². The van der Waals surface area contributed by atoms with Crippen molar-refractivity contribution in [1.29, 1.82) is 0 Å². The molecule has 0 fully saturated rings. The zero-order chi connectivity index (χ0) is 14.7. The van der Waals surface area contributed by atoms with E-state index in [0.717, 1.165) is 11.5 Å². The van der Waals surface area contributed by atoms with Crippen molar-refractivity contribution in [3.63, 3.8) is 0 Å². The van der Waals surface area contributed by atoms with E-state index in [1.165, 1.54) is 0 Å². The highest BCUT2D eigenvalue weighted by atomic mass is 16.4. The van der Waals surface area contributed by atoms with Gasteiger partial charge in [-0.2, -0.15) is 0 Å². The Balaban J connectivity index is 2.05. The summed E-state index contributed by atoms with van der Waals surface area (Å²) in [6.07, 6.45) is 1.57. The lowest BCUT2D eigenvalue weighted by atomic mass is 10.1. The van der Waals surface area contributed by atoms with Gasteiger partial charge in [0.25, 0.3) is 0 Å². The summed E-state index contributed by atoms with van der Waals surface area (Å²) in [5.41, 5.74) is 2.68. The van der Waals surface area contributed by atoms with Crippen LogP contribution in [0.2, 0.25) is 0 Å². The van der Waals surface area contributed by atoms with Crippen molar-refractivity contribution < 1.29 is 14.6 Å². The number of aryl methyl sites for hydroxylation is 3. The van der Waals surface area contributed by atoms with Gasteiger partial charge in [0.15, 0.2) is 0 Å². The summed E-state index contributed by atoms with van der Waals surface area (Å²) in [6, 6.07) is 0. The molecule has 0 aliphatic heterocycles. The third-order valence-electron chi connectivity index (χ3n) is 3.25. The molecular formula is C14H19N3O3. The van der Waals surface area contributed by atoms with Gasteiger partial charge < -0.3 is 19.9 Å². The molecule has 0 amide bonds. The Labute approximate surface area is 117 Å². The standard InChI is InChI=1S/C14H19N3O3/c1-8-10(3)20-13(17-8)6-15-5-12-11(7-18)4-16-9(2)14(12)19/h4,15,18-19H,5-7H2,1-3H3. The Hall–Kier alpha value is -1.92. The van der Waals surface area contributed by atoms with Gasteiger partial charge in [-0.1, -0.05) is 0 Å². The first kappa shape index (κ1) is 14.5. The van der Waals surface area contributed by atoms with Crippen molar-refractivity contribution in [3.8, 4) is 5.75 Å². The maximum Gasteiger partial charge on any atom is 0.208 e. The number of hydrogen-bond acceptors (Lipinski definition) is 6. The molecule has 2 aromatic rings. The number of hydrogen-bond donors (Lipinski definition) is 3. The Morgan fingerprint density at radius 1 is 1.20 bits per heavy atom. The summed E-state index contributed by atoms with van der Waals surface area (Å²) in [5.74, 6) is 1.53. The van der Waals surface area contributed by atoms with Crippen LogP contribution < -0.4 is 5.32 Å². The Morgan fingerprint density at radius 3 is 2.55 bits per heavy atom. The van der Waals surface area contributed by atoms with Crippen molar-refractivity contribution in [2.45, 2.75) is 40.5 Å². The minimum atomic E-state index is -0.158. The van der Waals surface area contributed by atoms with Gasteiger partial charge in [0, 0.05) is 23.9 Å². The predicted octanol–water partition coefficient (Wildman–Crippen LogP) is 1.48. The molecule has 108 valence electrons. The van der Waals surface area contributed by atoms with Crippen LogP contribution in [-0.4, -0.2) is 20.2 Å². The highest BCUT2D eigenvalue weighted by Gasteiger charge is 2.12. The molecule has 3 N–H and O–H groups in total. The summed E-state index contributed by atoms with van der Waals surface area (Å²) in [6.45, 7) is 6.19. The number of rotatable bonds is 5. The van der Waals surface area contributed by atoms with Gasteiger partial charge in [-0.05, 0) is 20.8 Å². The quantitative estimate of drug-likeness (QED) is 0.767. The number of nitrogens with zero attached hydrogens (tertiary/aromatic N) is 2. The molecule has 6 heteroatoms. The van der Waals surface area contributed by atoms with E-state index in [-0.39, 0.29) is 12.4 Å². The molecule has 20 heavy (non-hydrogen) atoms. The first-order chi connectivity index (χ1) is 9.52. The maximum atomic E-state index is 10.0. The predicted molar refractivity (Wildman–Crippen MR) is 73.1 cm³/mol. The first-order valence-electron chi connectivity index (χ1n) is 6.43. The molecule has 2 heterocycles. The van der Waals surface area contributed by atoms with Gasteiger partial charge in [0.05, 0.1) is 24.5 Å². The fourth-order valence-corrected chi connectivity index (χ4v) is 1.93. The molecule has 6 nitrogen and oxygen atoms in total. The molecule has 0 aromatic carbocycles. The van der Waals surface area contributed by atoms with Gasteiger partial charge in [-0.25, -0.2) is 4.98 Å². The highest BCUT2D eigenvalue weighted by molar-refractivity contribution is 5.40. The summed E-state index contributed by atoms with van der Waals surface area (Å²) in [5, 5.41) is 22.4. The number of oxazole rings is 1. The van der Waals surface area contributed by atoms with E-state index in [2.05, 4.69) is 15.3 Å². The molecule has 0 aliphatic rings. The van der Waals surface area contributed by atoms with Gasteiger partial charge in [-0.15, -0.1) is 0 Å². The number of pyridine rings is 1. The smallest absolute Gasteiger partial charge is 0.208 e. The first-order valence-corrected chi connectivity index (χ1v) is 6.43. The van der Waals surface area contributed by atoms with E-state index in [1.807, 2.05) is 13.8 Å². The van der Waals surface area contributed by atoms with Crippen LogP contribution in [0.15, 0.2) is 10.6 Å². The lowest BCUT2D eigenvalue weighted by Gasteiger charge is -2.11. The van der Waals surface area contributed by atoms with E-state index in [1.54, 1.807) is 13.1 Å². The van der Waals surface area contributed by atoms with Crippen LogP contribution >= 0.6 is 0 Å². The monoisotopic (exact) mass is 277 g/mol. The molecular weight excluding hydrogens is 258 g/mol. The zero-order valence-corrected chi connectivity index (χ0v) is 11.9. The van der Waals surface area contributed by atoms with Gasteiger partial charge in [0.2, 0.25) is 5.89 Å². The van der Waals surface area contributed by atoms with Crippen molar-refractivity contribution in [1.82, 2.24) is 15.3 Å². The number of aliphatic hydroxyl groups is 1. The van der Waals surface area contributed by atoms with E-state index in [9.17, 15) is 10.2 Å². The van der Waals surface area contributed by atoms with E-state index < -0.39 is 0 Å². The molecule has 2 aromatic heterocycles. The third kappa shape index (κ3) is 2.97. The molecule has 0 aliphatic carbocycles. The van der Waals surface area contributed by atoms with Crippen molar-refractivity contribution >= 4 is 0 Å². The largest absolute Gasteiger partial charge is 0.506 e. The third-order valence-corrected chi connectivity index (χ3v) is 3.25. The van der Waals surface area contributed by atoms with Crippen LogP contribution in [0.25, 0.3) is 0 Å². The minimum Gasteiger partial charge on any atom is -0.506 e. The van der Waals surface area contributed by atoms with Crippen LogP contribution in [0.5, 0.6) is 5.75 Å². The molecule has 0 saturated carbocycles. The van der Waals surface area contributed by atoms with Crippen molar-refractivity contribution in [2.75, 3.05) is 0 Å². The lowest BCUT2D eigenvalue weighted by molar-refractivity contribution is 0.278. The topological polar surface area (TPSA) is 91.4 Å². The van der Waals surface area contributed by atoms with Crippen LogP contribution in [-0.2, 0) is 19.7 Å². The normalized spacial score (nSPS) is 11.0. The zero-order valence-electron chi connectivity index (χ0n) is 11.9. The van der Waals surface area contributed by atoms with Gasteiger partial charge >= 0.3 is 0 Å². The highest BCUT2D eigenvalue weighted by Crippen LogP contribution is 2.23. The second-order valence-corrected chi connectivity index (χ2v) is 4.71. The Morgan fingerprint density at radius 2 is 1.95 bits per heavy atom. The lowest BCUT2D eigenvalue weighted by Crippen LogP contribution is -2.15. The minimum absolute atomic E-state index is 0.115. The maximum absolute atomic E-state index is 10.0. The Kier molecular flexibility index (Phi) is 4.36. The van der Waals surface area contributed by atoms with Gasteiger partial charge in [0.1, 0.15) is 11.5 Å². The van der Waals surface area contributed by atoms with Crippen LogP contribution in [0.3, 0.4) is 0 Å². The fourth-order valence-electron chi connectivity index (χ4n) is 1.93. The molecule has 0 bridgehead atoms. The van der Waals surface area contributed by atoms with Crippen molar-refractivity contribution in [2.24, 2.45) is 0 Å². The molecule has 0 spiro atoms. The van der Waals surface area contributed by atoms with E-state index in [0.29, 0.717) is 35.8 Å². The van der Waals surface area contributed by atoms with E-state index in [4.69, 9.17) is 4.42 Å². The van der Waals surface area contributed by atoms with Crippen LogP contribution in [0.1, 0.15) is 34.2 Å². The number of aromatic hydroxyl groups is 1. The number of aliphatic hydroxyl groups excluding tert-OH is 1. The number of nitrogens with one attached hydrogen (secondary N) is 1. The summed E-state index contributed by atoms with van der Waals surface area (Å²) in [7, 11) is 0. The molecule has 0 radical (unpaired) electrons. The summed E-state index contributed by atoms with van der Waals surface area (Å²) >= 11 is 0. The Bertz CT molecular complexity index is 588. The second-order valence-electron chi connectivity index (χ2n) is 4.71. The summed E-state index contributed by atoms with van der Waals surface area (Å²) < 4.78 is 5.46. The van der Waals surface area contributed by atoms with Crippen molar-refractivity contribution in [3.05, 3.63) is 40.4 Å². The molecule has 0 atom stereocenters.